The second kappa shape index (κ2) is 2.83. The van der Waals surface area contributed by atoms with Crippen molar-refractivity contribution in [3.05, 3.63) is 18.5 Å². The minimum atomic E-state index is 0.341. The maximum absolute atomic E-state index is 10.4. The molecule has 0 aromatic carbocycles. The Morgan fingerprint density at radius 3 is 3.23 bits per heavy atom. The van der Waals surface area contributed by atoms with Gasteiger partial charge in [0.1, 0.15) is 0 Å². The van der Waals surface area contributed by atoms with E-state index >= 15 is 0 Å². The van der Waals surface area contributed by atoms with Crippen molar-refractivity contribution in [2.24, 2.45) is 5.84 Å². The van der Waals surface area contributed by atoms with E-state index in [-0.39, 0.29) is 0 Å². The summed E-state index contributed by atoms with van der Waals surface area (Å²) in [5, 5.41) is 9.10. The number of aromatic nitrogens is 3. The summed E-state index contributed by atoms with van der Waals surface area (Å²) in [5.74, 6) is 5.71. The van der Waals surface area contributed by atoms with E-state index in [0.29, 0.717) is 12.2 Å². The summed E-state index contributed by atoms with van der Waals surface area (Å²) in [6.45, 7) is 0. The van der Waals surface area contributed by atoms with Gasteiger partial charge in [-0.05, 0) is 6.07 Å². The van der Waals surface area contributed by atoms with Crippen LogP contribution in [-0.4, -0.2) is 21.6 Å². The van der Waals surface area contributed by atoms with Crippen LogP contribution in [0.2, 0.25) is 0 Å². The molecule has 0 saturated carbocycles. The molecule has 0 atom stereocenters. The Kier molecular flexibility index (Phi) is 1.67. The fourth-order valence-corrected chi connectivity index (χ4v) is 1.12. The Bertz CT molecular complexity index is 437. The summed E-state index contributed by atoms with van der Waals surface area (Å²) >= 11 is 0. The number of aromatic amines is 1. The van der Waals surface area contributed by atoms with Gasteiger partial charge >= 0.3 is 0 Å². The van der Waals surface area contributed by atoms with Gasteiger partial charge in [0, 0.05) is 11.6 Å². The number of nitrogens with zero attached hydrogens (tertiary/aromatic N) is 3. The Morgan fingerprint density at radius 1 is 1.62 bits per heavy atom. The van der Waals surface area contributed by atoms with Gasteiger partial charge in [-0.15, -0.1) is 5.10 Å². The van der Waals surface area contributed by atoms with E-state index in [9.17, 15) is 4.79 Å². The maximum Gasteiger partial charge on any atom is 0.229 e. The molecule has 6 heteroatoms. The Balaban J connectivity index is 2.67. The minimum absolute atomic E-state index is 0.341. The standard InChI is InChI=1S/C7H7N5O/c8-12(4-13)7-5-1-2-9-6(5)3-10-11-7/h1-4,9H,8H2. The number of carbonyl (C=O) groups is 1. The molecule has 2 aromatic heterocycles. The highest BCUT2D eigenvalue weighted by Crippen LogP contribution is 2.19. The number of hydrazine groups is 1. The molecule has 2 aromatic rings. The fraction of sp³-hybridized carbons (Fsp3) is 0. The summed E-state index contributed by atoms with van der Waals surface area (Å²) in [5.41, 5.74) is 0.794. The molecular formula is C7H7N5O. The summed E-state index contributed by atoms with van der Waals surface area (Å²) < 4.78 is 0. The van der Waals surface area contributed by atoms with Gasteiger partial charge < -0.3 is 4.98 Å². The van der Waals surface area contributed by atoms with Gasteiger partial charge in [0.2, 0.25) is 6.41 Å². The van der Waals surface area contributed by atoms with Gasteiger partial charge in [-0.1, -0.05) is 0 Å². The van der Waals surface area contributed by atoms with Gasteiger partial charge in [0.15, 0.2) is 5.82 Å². The third-order valence-corrected chi connectivity index (χ3v) is 1.72. The van der Waals surface area contributed by atoms with Crippen LogP contribution < -0.4 is 10.9 Å². The third kappa shape index (κ3) is 1.13. The van der Waals surface area contributed by atoms with Crippen molar-refractivity contribution in [2.45, 2.75) is 0 Å². The predicted molar refractivity (Wildman–Crippen MR) is 46.6 cm³/mol. The van der Waals surface area contributed by atoms with Crippen LogP contribution in [-0.2, 0) is 4.79 Å². The van der Waals surface area contributed by atoms with Crippen molar-refractivity contribution in [3.63, 3.8) is 0 Å². The zero-order chi connectivity index (χ0) is 9.26. The summed E-state index contributed by atoms with van der Waals surface area (Å²) in [6.07, 6.45) is 3.78. The van der Waals surface area contributed by atoms with Gasteiger partial charge in [-0.2, -0.15) is 5.10 Å². The summed E-state index contributed by atoms with van der Waals surface area (Å²) in [4.78, 5) is 13.3. The Labute approximate surface area is 73.3 Å². The maximum atomic E-state index is 10.4. The SMILES string of the molecule is NN(C=O)c1nncc2[nH]ccc12. The van der Waals surface area contributed by atoms with Crippen LogP contribution >= 0.6 is 0 Å². The largest absolute Gasteiger partial charge is 0.360 e. The van der Waals surface area contributed by atoms with Crippen molar-refractivity contribution in [1.29, 1.82) is 0 Å². The summed E-state index contributed by atoms with van der Waals surface area (Å²) in [7, 11) is 0. The molecule has 0 fully saturated rings. The van der Waals surface area contributed by atoms with Crippen LogP contribution in [0.25, 0.3) is 10.9 Å². The first-order valence-corrected chi connectivity index (χ1v) is 3.61. The van der Waals surface area contributed by atoms with Crippen LogP contribution in [0.5, 0.6) is 0 Å². The normalized spacial score (nSPS) is 10.2. The number of hydrogen-bond acceptors (Lipinski definition) is 4. The topological polar surface area (TPSA) is 87.9 Å². The molecule has 6 nitrogen and oxygen atoms in total. The monoisotopic (exact) mass is 177 g/mol. The van der Waals surface area contributed by atoms with E-state index in [1.807, 2.05) is 0 Å². The van der Waals surface area contributed by atoms with E-state index in [2.05, 4.69) is 15.2 Å². The number of rotatable bonds is 2. The van der Waals surface area contributed by atoms with Crippen molar-refractivity contribution in [3.8, 4) is 0 Å². The molecule has 0 radical (unpaired) electrons. The Hall–Kier alpha value is -1.95. The van der Waals surface area contributed by atoms with Crippen molar-refractivity contribution in [1.82, 2.24) is 15.2 Å². The molecule has 0 saturated heterocycles. The summed E-state index contributed by atoms with van der Waals surface area (Å²) in [6, 6.07) is 1.78. The average Bonchev–Trinajstić information content (AvgIpc) is 2.63. The first kappa shape index (κ1) is 7.69. The number of anilines is 1. The molecule has 0 spiro atoms. The molecule has 0 aliphatic heterocycles. The molecular weight excluding hydrogens is 170 g/mol. The Morgan fingerprint density at radius 2 is 2.46 bits per heavy atom. The molecule has 2 heterocycles. The highest BCUT2D eigenvalue weighted by atomic mass is 16.1. The van der Waals surface area contributed by atoms with Gasteiger partial charge in [0.25, 0.3) is 0 Å². The highest BCUT2D eigenvalue weighted by Gasteiger charge is 2.07. The van der Waals surface area contributed by atoms with Crippen molar-refractivity contribution in [2.75, 3.05) is 5.01 Å². The zero-order valence-corrected chi connectivity index (χ0v) is 6.64. The van der Waals surface area contributed by atoms with E-state index in [0.717, 1.165) is 15.9 Å². The molecule has 66 valence electrons. The molecule has 13 heavy (non-hydrogen) atoms. The smallest absolute Gasteiger partial charge is 0.229 e. The van der Waals surface area contributed by atoms with Gasteiger partial charge in [-0.3, -0.25) is 4.79 Å². The predicted octanol–water partition coefficient (Wildman–Crippen LogP) is -0.206. The van der Waals surface area contributed by atoms with E-state index in [1.54, 1.807) is 18.5 Å². The fourth-order valence-electron chi connectivity index (χ4n) is 1.12. The average molecular weight is 177 g/mol. The lowest BCUT2D eigenvalue weighted by atomic mass is 10.3. The molecule has 1 amide bonds. The first-order chi connectivity index (χ1) is 6.33. The number of hydrogen-bond donors (Lipinski definition) is 2. The molecule has 2 rings (SSSR count). The molecule has 0 aliphatic carbocycles. The third-order valence-electron chi connectivity index (χ3n) is 1.72. The molecule has 0 bridgehead atoms. The first-order valence-electron chi connectivity index (χ1n) is 3.61. The van der Waals surface area contributed by atoms with Crippen LogP contribution in [0.3, 0.4) is 0 Å². The lowest BCUT2D eigenvalue weighted by molar-refractivity contribution is -0.107. The van der Waals surface area contributed by atoms with Crippen LogP contribution in [0.1, 0.15) is 0 Å². The number of H-pyrrole nitrogens is 1. The van der Waals surface area contributed by atoms with Crippen LogP contribution in [0, 0.1) is 0 Å². The van der Waals surface area contributed by atoms with E-state index in [4.69, 9.17) is 5.84 Å². The molecule has 0 unspecified atom stereocenters. The highest BCUT2D eigenvalue weighted by molar-refractivity contribution is 5.93. The van der Waals surface area contributed by atoms with Crippen LogP contribution in [0.4, 0.5) is 5.82 Å². The number of nitrogens with two attached hydrogens (primary N) is 1. The number of nitrogens with one attached hydrogen (secondary N) is 1. The lowest BCUT2D eigenvalue weighted by Crippen LogP contribution is -2.30. The second-order valence-corrected chi connectivity index (χ2v) is 2.49. The second-order valence-electron chi connectivity index (χ2n) is 2.49. The van der Waals surface area contributed by atoms with Crippen molar-refractivity contribution >= 4 is 23.1 Å². The molecule has 3 N–H and O–H groups in total. The minimum Gasteiger partial charge on any atom is -0.360 e. The quantitative estimate of drug-likeness (QED) is 0.287. The number of fused-ring (bicyclic) bond motifs is 1. The van der Waals surface area contributed by atoms with Gasteiger partial charge in [-0.25, -0.2) is 10.9 Å². The lowest BCUT2D eigenvalue weighted by Gasteiger charge is -2.07. The molecule has 0 aliphatic rings. The van der Waals surface area contributed by atoms with E-state index < -0.39 is 0 Å². The van der Waals surface area contributed by atoms with E-state index in [1.165, 1.54) is 0 Å². The zero-order valence-electron chi connectivity index (χ0n) is 6.64. The van der Waals surface area contributed by atoms with Crippen molar-refractivity contribution < 1.29 is 4.79 Å². The number of carbonyl (C=O) groups excluding carboxylic acids is 1. The van der Waals surface area contributed by atoms with Gasteiger partial charge in [0.05, 0.1) is 11.7 Å². The number of amides is 1. The van der Waals surface area contributed by atoms with Crippen LogP contribution in [0.15, 0.2) is 18.5 Å².